The quantitative estimate of drug-likeness (QED) is 0.734. The van der Waals surface area contributed by atoms with E-state index in [4.69, 9.17) is 19.2 Å². The highest BCUT2D eigenvalue weighted by molar-refractivity contribution is 6.02. The number of dihydropyridines is 1. The molecule has 0 saturated carbocycles. The average molecular weight is 320 g/mol. The molecule has 6 heteroatoms. The maximum absolute atomic E-state index is 11.8. The van der Waals surface area contributed by atoms with Crippen LogP contribution in [0, 0.1) is 5.92 Å². The van der Waals surface area contributed by atoms with Gasteiger partial charge in [-0.3, -0.25) is 4.90 Å². The molecule has 126 valence electrons. The molecule has 6 nitrogen and oxygen atoms in total. The fraction of sp³-hybridized carbons (Fsp3) is 0.529. The van der Waals surface area contributed by atoms with E-state index in [1.165, 1.54) is 7.11 Å². The Balaban J connectivity index is 0.000000924. The number of aliphatic imine (C=N–C) groups is 1. The van der Waals surface area contributed by atoms with Crippen LogP contribution in [0.25, 0.3) is 0 Å². The molecule has 2 atom stereocenters. The van der Waals surface area contributed by atoms with Crippen LogP contribution in [0.2, 0.25) is 0 Å². The lowest BCUT2D eigenvalue weighted by Crippen LogP contribution is -2.40. The van der Waals surface area contributed by atoms with Crippen molar-refractivity contribution in [3.63, 3.8) is 0 Å². The van der Waals surface area contributed by atoms with Gasteiger partial charge in [-0.1, -0.05) is 19.9 Å². The second-order valence-corrected chi connectivity index (χ2v) is 5.18. The number of hydrogen-bond donors (Lipinski definition) is 0. The molecule has 0 aromatic rings. The van der Waals surface area contributed by atoms with Gasteiger partial charge in [-0.15, -0.1) is 0 Å². The van der Waals surface area contributed by atoms with Crippen molar-refractivity contribution >= 4 is 11.8 Å². The van der Waals surface area contributed by atoms with E-state index in [0.29, 0.717) is 13.1 Å². The number of rotatable bonds is 2. The van der Waals surface area contributed by atoms with E-state index in [1.54, 1.807) is 19.1 Å². The summed E-state index contributed by atoms with van der Waals surface area (Å²) in [6, 6.07) is 0. The highest BCUT2D eigenvalue weighted by atomic mass is 16.5. The van der Waals surface area contributed by atoms with Gasteiger partial charge in [0.25, 0.3) is 0 Å². The zero-order chi connectivity index (χ0) is 17.0. The van der Waals surface area contributed by atoms with E-state index in [9.17, 15) is 4.79 Å². The van der Waals surface area contributed by atoms with Crippen LogP contribution in [0.5, 0.6) is 0 Å². The van der Waals surface area contributed by atoms with Gasteiger partial charge in [0.05, 0.1) is 27.3 Å². The van der Waals surface area contributed by atoms with Crippen LogP contribution in [0.15, 0.2) is 40.6 Å². The van der Waals surface area contributed by atoms with E-state index in [1.807, 2.05) is 32.1 Å². The normalized spacial score (nSPS) is 27.6. The first-order valence-electron chi connectivity index (χ1n) is 7.74. The van der Waals surface area contributed by atoms with Crippen molar-refractivity contribution in [1.29, 1.82) is 0 Å². The fourth-order valence-electron chi connectivity index (χ4n) is 2.94. The van der Waals surface area contributed by atoms with Gasteiger partial charge in [-0.05, 0) is 18.2 Å². The summed E-state index contributed by atoms with van der Waals surface area (Å²) < 4.78 is 15.7. The summed E-state index contributed by atoms with van der Waals surface area (Å²) in [5.74, 6) is 0.865. The minimum absolute atomic E-state index is 0.0563. The summed E-state index contributed by atoms with van der Waals surface area (Å²) in [5.41, 5.74) is 1.10. The molecule has 0 bridgehead atoms. The number of carbonyl (C=O) groups is 1. The highest BCUT2D eigenvalue weighted by Gasteiger charge is 2.47. The third-order valence-electron chi connectivity index (χ3n) is 4.07. The minimum Gasteiger partial charge on any atom is -0.497 e. The molecule has 0 N–H and O–H groups in total. The Labute approximate surface area is 137 Å². The first-order valence-corrected chi connectivity index (χ1v) is 7.74. The molecule has 2 aliphatic heterocycles. The smallest absolute Gasteiger partial charge is 0.409 e. The lowest BCUT2D eigenvalue weighted by molar-refractivity contribution is 0.0288. The van der Waals surface area contributed by atoms with Crippen LogP contribution in [-0.2, 0) is 14.2 Å². The van der Waals surface area contributed by atoms with Crippen molar-refractivity contribution in [3.8, 4) is 0 Å². The van der Waals surface area contributed by atoms with Crippen LogP contribution >= 0.6 is 0 Å². The van der Waals surface area contributed by atoms with Gasteiger partial charge in [-0.25, -0.2) is 9.79 Å². The topological polar surface area (TPSA) is 60.4 Å². The number of carbonyl (C=O) groups excluding carboxylic acids is 1. The van der Waals surface area contributed by atoms with E-state index in [-0.39, 0.29) is 12.0 Å². The van der Waals surface area contributed by atoms with Crippen LogP contribution in [0.3, 0.4) is 0 Å². The van der Waals surface area contributed by atoms with Gasteiger partial charge < -0.3 is 14.2 Å². The molecular formula is C17H24N2O4. The summed E-state index contributed by atoms with van der Waals surface area (Å²) in [4.78, 5) is 18.1. The van der Waals surface area contributed by atoms with E-state index in [0.717, 1.165) is 17.0 Å². The van der Waals surface area contributed by atoms with Crippen molar-refractivity contribution in [3.05, 3.63) is 35.6 Å². The van der Waals surface area contributed by atoms with Crippen molar-refractivity contribution in [2.75, 3.05) is 34.4 Å². The molecule has 3 aliphatic rings. The predicted octanol–water partition coefficient (Wildman–Crippen LogP) is 2.53. The summed E-state index contributed by atoms with van der Waals surface area (Å²) >= 11 is 0. The number of nitrogens with zero attached hydrogens (tertiary/aromatic N) is 2. The summed E-state index contributed by atoms with van der Waals surface area (Å²) in [5, 5.41) is 0. The second kappa shape index (κ2) is 7.00. The van der Waals surface area contributed by atoms with E-state index in [2.05, 4.69) is 6.08 Å². The number of allylic oxidation sites excluding steroid dienone is 4. The molecule has 23 heavy (non-hydrogen) atoms. The Morgan fingerprint density at radius 3 is 2.61 bits per heavy atom. The number of hydrogen-bond acceptors (Lipinski definition) is 5. The number of fused-ring (bicyclic) bond motifs is 2. The zero-order valence-electron chi connectivity index (χ0n) is 14.3. The second-order valence-electron chi connectivity index (χ2n) is 5.18. The molecule has 0 spiro atoms. The molecule has 0 radical (unpaired) electrons. The van der Waals surface area contributed by atoms with Crippen LogP contribution in [-0.4, -0.2) is 56.8 Å². The van der Waals surface area contributed by atoms with Gasteiger partial charge >= 0.3 is 6.09 Å². The lowest BCUT2D eigenvalue weighted by atomic mass is 9.89. The zero-order valence-corrected chi connectivity index (χ0v) is 14.3. The predicted molar refractivity (Wildman–Crippen MR) is 88.3 cm³/mol. The summed E-state index contributed by atoms with van der Waals surface area (Å²) in [6.45, 7) is 4.83. The Kier molecular flexibility index (Phi) is 5.26. The van der Waals surface area contributed by atoms with Crippen molar-refractivity contribution < 1.29 is 19.0 Å². The Morgan fingerprint density at radius 2 is 2.00 bits per heavy atom. The Bertz CT molecular complexity index is 591. The minimum atomic E-state index is -0.789. The molecule has 1 saturated heterocycles. The van der Waals surface area contributed by atoms with Crippen LogP contribution in [0.4, 0.5) is 4.79 Å². The van der Waals surface area contributed by atoms with Gasteiger partial charge in [0.2, 0.25) is 0 Å². The van der Waals surface area contributed by atoms with Crippen molar-refractivity contribution in [2.24, 2.45) is 10.9 Å². The van der Waals surface area contributed by atoms with Crippen LogP contribution < -0.4 is 0 Å². The van der Waals surface area contributed by atoms with Gasteiger partial charge in [-0.2, -0.15) is 0 Å². The number of amides is 1. The molecule has 0 aromatic heterocycles. The lowest BCUT2D eigenvalue weighted by Gasteiger charge is -2.31. The first-order chi connectivity index (χ1) is 11.1. The third-order valence-corrected chi connectivity index (χ3v) is 4.07. The Morgan fingerprint density at radius 1 is 1.26 bits per heavy atom. The number of likely N-dealkylation sites (tertiary alicyclic amines) is 1. The molecule has 2 heterocycles. The van der Waals surface area contributed by atoms with E-state index < -0.39 is 5.72 Å². The molecular weight excluding hydrogens is 296 g/mol. The van der Waals surface area contributed by atoms with Crippen LogP contribution in [0.1, 0.15) is 13.8 Å². The van der Waals surface area contributed by atoms with Gasteiger partial charge in [0.15, 0.2) is 5.72 Å². The molecule has 3 rings (SSSR count). The maximum Gasteiger partial charge on any atom is 0.409 e. The summed E-state index contributed by atoms with van der Waals surface area (Å²) in [7, 11) is 4.63. The monoisotopic (exact) mass is 320 g/mol. The molecule has 0 aromatic carbocycles. The number of ether oxygens (including phenoxy) is 3. The molecule has 1 fully saturated rings. The molecule has 1 amide bonds. The summed E-state index contributed by atoms with van der Waals surface area (Å²) in [6.07, 6.45) is 7.54. The SMILES string of the molecule is CC.COC(=O)N1CC2=CC3C=C(OC)C=CC3=NC2(OC)C1. The first kappa shape index (κ1) is 17.3. The van der Waals surface area contributed by atoms with Gasteiger partial charge in [0.1, 0.15) is 5.76 Å². The third kappa shape index (κ3) is 3.03. The highest BCUT2D eigenvalue weighted by Crippen LogP contribution is 2.38. The maximum atomic E-state index is 11.8. The fourth-order valence-corrected chi connectivity index (χ4v) is 2.94. The average Bonchev–Trinajstić information content (AvgIpc) is 2.99. The van der Waals surface area contributed by atoms with Gasteiger partial charge in [0, 0.05) is 24.3 Å². The standard InChI is InChI=1S/C15H18N2O4.C2H6/c1-19-12-4-5-13-10(7-12)6-11-8-17(14(18)20-2)9-15(11,16-13)21-3;1-2/h4-7,10H,8-9H2,1-3H3;1-2H3. The van der Waals surface area contributed by atoms with Crippen molar-refractivity contribution in [1.82, 2.24) is 4.90 Å². The largest absolute Gasteiger partial charge is 0.497 e. The number of methoxy groups -OCH3 is 3. The molecule has 1 aliphatic carbocycles. The molecule has 2 unspecified atom stereocenters. The van der Waals surface area contributed by atoms with E-state index >= 15 is 0 Å². The van der Waals surface area contributed by atoms with Crippen molar-refractivity contribution in [2.45, 2.75) is 19.6 Å². The Hall–Kier alpha value is -2.08.